The third kappa shape index (κ3) is 2.84. The summed E-state index contributed by atoms with van der Waals surface area (Å²) in [5.74, 6) is -0.237. The molecule has 1 atom stereocenters. The summed E-state index contributed by atoms with van der Waals surface area (Å²) in [5.41, 5.74) is 2.88. The maximum Gasteiger partial charge on any atom is 0.325 e. The van der Waals surface area contributed by atoms with Gasteiger partial charge in [0.05, 0.1) is 6.54 Å². The maximum atomic E-state index is 13.0. The van der Waals surface area contributed by atoms with Crippen LogP contribution in [-0.4, -0.2) is 16.8 Å². The Labute approximate surface area is 150 Å². The quantitative estimate of drug-likeness (QED) is 0.809. The molecule has 2 aromatic rings. The molecule has 2 aromatic carbocycles. The first-order valence-corrected chi connectivity index (χ1v) is 8.57. The van der Waals surface area contributed by atoms with E-state index in [0.717, 1.165) is 26.7 Å². The van der Waals surface area contributed by atoms with Crippen LogP contribution in [0.5, 0.6) is 0 Å². The van der Waals surface area contributed by atoms with E-state index in [0.29, 0.717) is 0 Å². The Balaban J connectivity index is 1.93. The van der Waals surface area contributed by atoms with Crippen molar-refractivity contribution in [1.29, 1.82) is 0 Å². The Morgan fingerprint density at radius 1 is 1.08 bits per heavy atom. The molecule has 0 aliphatic carbocycles. The zero-order valence-electron chi connectivity index (χ0n) is 13.9. The van der Waals surface area contributed by atoms with Crippen molar-refractivity contribution in [2.24, 2.45) is 0 Å². The highest BCUT2D eigenvalue weighted by Crippen LogP contribution is 2.34. The Morgan fingerprint density at radius 3 is 2.33 bits per heavy atom. The van der Waals surface area contributed by atoms with Gasteiger partial charge in [-0.25, -0.2) is 4.79 Å². The molecule has 0 bridgehead atoms. The Kier molecular flexibility index (Phi) is 4.22. The number of amides is 3. The second-order valence-electron chi connectivity index (χ2n) is 6.42. The van der Waals surface area contributed by atoms with Gasteiger partial charge >= 0.3 is 6.03 Å². The number of carbonyl (C=O) groups is 2. The number of urea groups is 1. The minimum absolute atomic E-state index is 0.237. The number of rotatable bonds is 3. The fourth-order valence-corrected chi connectivity index (χ4v) is 3.91. The van der Waals surface area contributed by atoms with Crippen LogP contribution in [0.1, 0.15) is 29.2 Å². The number of benzene rings is 2. The predicted molar refractivity (Wildman–Crippen MR) is 96.5 cm³/mol. The third-order valence-corrected chi connectivity index (χ3v) is 5.00. The lowest BCUT2D eigenvalue weighted by molar-refractivity contribution is -0.131. The Bertz CT molecular complexity index is 814. The molecule has 1 aliphatic heterocycles. The minimum Gasteiger partial charge on any atom is -0.319 e. The summed E-state index contributed by atoms with van der Waals surface area (Å²) in [7, 11) is 0. The summed E-state index contributed by atoms with van der Waals surface area (Å²) in [6, 6.07) is 13.2. The molecule has 0 radical (unpaired) electrons. The smallest absolute Gasteiger partial charge is 0.319 e. The largest absolute Gasteiger partial charge is 0.325 e. The van der Waals surface area contributed by atoms with E-state index in [9.17, 15) is 9.59 Å². The van der Waals surface area contributed by atoms with Crippen LogP contribution in [0.4, 0.5) is 4.79 Å². The van der Waals surface area contributed by atoms with Crippen molar-refractivity contribution in [3.05, 3.63) is 69.2 Å². The SMILES string of the molecule is Cc1cc(C)cc(CN2C(=O)N[C@](C)(c3ccccc3Br)C2=O)c1. The summed E-state index contributed by atoms with van der Waals surface area (Å²) in [4.78, 5) is 26.7. The van der Waals surface area contributed by atoms with E-state index in [1.165, 1.54) is 4.90 Å². The van der Waals surface area contributed by atoms with E-state index in [1.807, 2.05) is 50.2 Å². The van der Waals surface area contributed by atoms with Gasteiger partial charge in [-0.1, -0.05) is 63.5 Å². The fraction of sp³-hybridized carbons (Fsp3) is 0.263. The van der Waals surface area contributed by atoms with Gasteiger partial charge in [-0.15, -0.1) is 0 Å². The number of nitrogens with zero attached hydrogens (tertiary/aromatic N) is 1. The molecule has 1 saturated heterocycles. The topological polar surface area (TPSA) is 49.4 Å². The third-order valence-electron chi connectivity index (χ3n) is 4.31. The van der Waals surface area contributed by atoms with Crippen molar-refractivity contribution in [2.75, 3.05) is 0 Å². The van der Waals surface area contributed by atoms with Crippen LogP contribution in [0.15, 0.2) is 46.9 Å². The number of aryl methyl sites for hydroxylation is 2. The van der Waals surface area contributed by atoms with Crippen molar-refractivity contribution in [1.82, 2.24) is 10.2 Å². The van der Waals surface area contributed by atoms with E-state index in [1.54, 1.807) is 6.92 Å². The van der Waals surface area contributed by atoms with Crippen molar-refractivity contribution in [3.8, 4) is 0 Å². The monoisotopic (exact) mass is 386 g/mol. The molecule has 0 spiro atoms. The zero-order chi connectivity index (χ0) is 17.5. The summed E-state index contributed by atoms with van der Waals surface area (Å²) >= 11 is 3.47. The summed E-state index contributed by atoms with van der Waals surface area (Å²) < 4.78 is 0.800. The average molecular weight is 387 g/mol. The van der Waals surface area contributed by atoms with Gasteiger partial charge in [0.25, 0.3) is 5.91 Å². The molecular formula is C19H19BrN2O2. The average Bonchev–Trinajstić information content (AvgIpc) is 2.71. The van der Waals surface area contributed by atoms with Gasteiger partial charge in [-0.05, 0) is 32.4 Å². The lowest BCUT2D eigenvalue weighted by Crippen LogP contribution is -2.41. The highest BCUT2D eigenvalue weighted by Gasteiger charge is 2.49. The number of nitrogens with one attached hydrogen (secondary N) is 1. The number of imide groups is 1. The van der Waals surface area contributed by atoms with Crippen LogP contribution >= 0.6 is 15.9 Å². The van der Waals surface area contributed by atoms with Gasteiger partial charge in [0, 0.05) is 10.0 Å². The standard InChI is InChI=1S/C19H19BrN2O2/c1-12-8-13(2)10-14(9-12)11-22-17(23)19(3,21-18(22)24)15-6-4-5-7-16(15)20/h4-10H,11H2,1-3H3,(H,21,24)/t19-/m1/s1. The second kappa shape index (κ2) is 6.06. The van der Waals surface area contributed by atoms with Gasteiger partial charge in [-0.3, -0.25) is 9.69 Å². The summed E-state index contributed by atoms with van der Waals surface area (Å²) in [5, 5.41) is 2.84. The van der Waals surface area contributed by atoms with Crippen LogP contribution in [0.25, 0.3) is 0 Å². The molecule has 1 N–H and O–H groups in total. The molecule has 0 aromatic heterocycles. The first-order chi connectivity index (χ1) is 11.3. The molecule has 24 heavy (non-hydrogen) atoms. The molecule has 1 fully saturated rings. The predicted octanol–water partition coefficient (Wildman–Crippen LogP) is 4.03. The maximum absolute atomic E-state index is 13.0. The number of hydrogen-bond acceptors (Lipinski definition) is 2. The summed E-state index contributed by atoms with van der Waals surface area (Å²) in [6.07, 6.45) is 0. The van der Waals surface area contributed by atoms with E-state index >= 15 is 0 Å². The second-order valence-corrected chi connectivity index (χ2v) is 7.28. The van der Waals surface area contributed by atoms with Crippen molar-refractivity contribution in [3.63, 3.8) is 0 Å². The molecule has 5 heteroatoms. The molecule has 3 amide bonds. The van der Waals surface area contributed by atoms with E-state index in [2.05, 4.69) is 27.3 Å². The van der Waals surface area contributed by atoms with Gasteiger partial charge < -0.3 is 5.32 Å². The number of halogens is 1. The van der Waals surface area contributed by atoms with Gasteiger partial charge in [0.2, 0.25) is 0 Å². The van der Waals surface area contributed by atoms with Gasteiger partial charge in [0.1, 0.15) is 5.54 Å². The van der Waals surface area contributed by atoms with Gasteiger partial charge in [-0.2, -0.15) is 0 Å². The molecule has 0 saturated carbocycles. The molecule has 124 valence electrons. The van der Waals surface area contributed by atoms with E-state index in [-0.39, 0.29) is 18.5 Å². The number of hydrogen-bond donors (Lipinski definition) is 1. The van der Waals surface area contributed by atoms with Gasteiger partial charge in [0.15, 0.2) is 0 Å². The number of carbonyl (C=O) groups excluding carboxylic acids is 2. The fourth-order valence-electron chi connectivity index (χ4n) is 3.23. The molecule has 3 rings (SSSR count). The lowest BCUT2D eigenvalue weighted by Gasteiger charge is -2.23. The molecule has 4 nitrogen and oxygen atoms in total. The van der Waals surface area contributed by atoms with Crippen LogP contribution in [0.3, 0.4) is 0 Å². The van der Waals surface area contributed by atoms with Crippen LogP contribution in [-0.2, 0) is 16.9 Å². The first-order valence-electron chi connectivity index (χ1n) is 7.77. The minimum atomic E-state index is -1.06. The normalized spacial score (nSPS) is 20.4. The highest BCUT2D eigenvalue weighted by molar-refractivity contribution is 9.10. The van der Waals surface area contributed by atoms with Crippen molar-refractivity contribution >= 4 is 27.9 Å². The molecular weight excluding hydrogens is 368 g/mol. The zero-order valence-corrected chi connectivity index (χ0v) is 15.5. The lowest BCUT2D eigenvalue weighted by atomic mass is 9.92. The van der Waals surface area contributed by atoms with E-state index in [4.69, 9.17) is 0 Å². The molecule has 0 unspecified atom stereocenters. The first kappa shape index (κ1) is 16.7. The van der Waals surface area contributed by atoms with Crippen LogP contribution < -0.4 is 5.32 Å². The van der Waals surface area contributed by atoms with Crippen LogP contribution in [0, 0.1) is 13.8 Å². The van der Waals surface area contributed by atoms with E-state index < -0.39 is 5.54 Å². The highest BCUT2D eigenvalue weighted by atomic mass is 79.9. The Hall–Kier alpha value is -2.14. The van der Waals surface area contributed by atoms with Crippen LogP contribution in [0.2, 0.25) is 0 Å². The molecule has 1 heterocycles. The van der Waals surface area contributed by atoms with Crippen molar-refractivity contribution in [2.45, 2.75) is 32.9 Å². The molecule has 1 aliphatic rings. The summed E-state index contributed by atoms with van der Waals surface area (Å²) in [6.45, 7) is 6.03. The Morgan fingerprint density at radius 2 is 1.71 bits per heavy atom. The van der Waals surface area contributed by atoms with Crippen molar-refractivity contribution < 1.29 is 9.59 Å².